The highest BCUT2D eigenvalue weighted by Gasteiger charge is 2.65. The minimum absolute atomic E-state index is 0.00926. The second-order valence-corrected chi connectivity index (χ2v) is 3.24. The predicted octanol–water partition coefficient (Wildman–Crippen LogP) is -0.789. The normalized spacial score (nSPS) is 47.0. The molecule has 0 aromatic heterocycles. The number of carbonyl (C=O) groups is 1. The van der Waals surface area contributed by atoms with E-state index in [4.69, 9.17) is 6.42 Å². The summed E-state index contributed by atoms with van der Waals surface area (Å²) < 4.78 is 0. The van der Waals surface area contributed by atoms with Crippen LogP contribution in [0.25, 0.3) is 0 Å². The van der Waals surface area contributed by atoms with Gasteiger partial charge in [0.2, 0.25) is 5.60 Å². The molecule has 1 heterocycles. The zero-order valence-electron chi connectivity index (χ0n) is 6.24. The van der Waals surface area contributed by atoms with E-state index < -0.39 is 5.60 Å². The molecule has 1 N–H and O–H groups in total. The second kappa shape index (κ2) is 1.59. The number of aliphatic hydroxyl groups is 1. The summed E-state index contributed by atoms with van der Waals surface area (Å²) >= 11 is 0. The number of likely N-dealkylation sites (N-methyl/N-ethyl adjacent to an activating group) is 1. The number of hydrogen-bond acceptors (Lipinski definition) is 2. The zero-order valence-corrected chi connectivity index (χ0v) is 6.24. The summed E-state index contributed by atoms with van der Waals surface area (Å²) in [4.78, 5) is 12.8. The number of nitrogens with zero attached hydrogens (tertiary/aromatic N) is 1. The third kappa shape index (κ3) is 0.561. The van der Waals surface area contributed by atoms with Gasteiger partial charge in [-0.05, 0) is 6.42 Å². The van der Waals surface area contributed by atoms with Crippen molar-refractivity contribution < 1.29 is 9.90 Å². The number of amides is 1. The van der Waals surface area contributed by atoms with Crippen molar-refractivity contribution in [2.75, 3.05) is 7.05 Å². The van der Waals surface area contributed by atoms with Crippen LogP contribution in [0.15, 0.2) is 0 Å². The molecule has 0 radical (unpaired) electrons. The monoisotopic (exact) mass is 151 g/mol. The summed E-state index contributed by atoms with van der Waals surface area (Å²) in [5.74, 6) is 1.85. The van der Waals surface area contributed by atoms with Crippen LogP contribution >= 0.6 is 0 Å². The van der Waals surface area contributed by atoms with Crippen molar-refractivity contribution in [1.29, 1.82) is 0 Å². The van der Waals surface area contributed by atoms with Gasteiger partial charge in [0.15, 0.2) is 0 Å². The number of likely N-dealkylation sites (tertiary alicyclic amines) is 1. The Morgan fingerprint density at radius 2 is 2.55 bits per heavy atom. The Balaban J connectivity index is 2.39. The van der Waals surface area contributed by atoms with Gasteiger partial charge in [-0.25, -0.2) is 0 Å². The smallest absolute Gasteiger partial charge is 0.267 e. The minimum Gasteiger partial charge on any atom is -0.369 e. The van der Waals surface area contributed by atoms with Gasteiger partial charge in [-0.3, -0.25) is 4.79 Å². The number of fused-ring (bicyclic) bond motifs is 1. The topological polar surface area (TPSA) is 40.5 Å². The summed E-state index contributed by atoms with van der Waals surface area (Å²) in [6.45, 7) is 0. The average molecular weight is 151 g/mol. The molecule has 58 valence electrons. The van der Waals surface area contributed by atoms with Gasteiger partial charge in [0.25, 0.3) is 5.91 Å². The molecule has 3 heteroatoms. The summed E-state index contributed by atoms with van der Waals surface area (Å²) in [5.41, 5.74) is -1.49. The highest BCUT2D eigenvalue weighted by molar-refractivity contribution is 5.93. The van der Waals surface area contributed by atoms with Crippen molar-refractivity contribution in [2.24, 2.45) is 5.92 Å². The lowest BCUT2D eigenvalue weighted by Gasteiger charge is -2.18. The quantitative estimate of drug-likeness (QED) is 0.461. The Hall–Kier alpha value is -1.01. The Bertz CT molecular complexity index is 268. The lowest BCUT2D eigenvalue weighted by atomic mass is 10.0. The van der Waals surface area contributed by atoms with Gasteiger partial charge in [0.1, 0.15) is 0 Å². The summed E-state index contributed by atoms with van der Waals surface area (Å²) in [5, 5.41) is 9.62. The van der Waals surface area contributed by atoms with Gasteiger partial charge in [0, 0.05) is 19.0 Å². The number of terminal acetylenes is 1. The molecular formula is C8H9NO2. The Morgan fingerprint density at radius 1 is 1.91 bits per heavy atom. The average Bonchev–Trinajstić information content (AvgIpc) is 2.75. The summed E-state index contributed by atoms with van der Waals surface area (Å²) in [6, 6.07) is 0.198. The molecule has 1 aliphatic carbocycles. The Labute approximate surface area is 65.0 Å². The number of rotatable bonds is 0. The molecule has 0 bridgehead atoms. The van der Waals surface area contributed by atoms with E-state index in [2.05, 4.69) is 5.92 Å². The molecule has 1 amide bonds. The van der Waals surface area contributed by atoms with Crippen molar-refractivity contribution in [3.05, 3.63) is 0 Å². The van der Waals surface area contributed by atoms with E-state index in [0.717, 1.165) is 6.42 Å². The molecule has 0 aromatic carbocycles. The second-order valence-electron chi connectivity index (χ2n) is 3.24. The molecule has 0 unspecified atom stereocenters. The van der Waals surface area contributed by atoms with Crippen LogP contribution in [-0.2, 0) is 4.79 Å². The van der Waals surface area contributed by atoms with Crippen LogP contribution in [-0.4, -0.2) is 34.6 Å². The van der Waals surface area contributed by atoms with Crippen LogP contribution in [0, 0.1) is 18.3 Å². The van der Waals surface area contributed by atoms with Crippen LogP contribution in [0.1, 0.15) is 6.42 Å². The summed E-state index contributed by atoms with van der Waals surface area (Å²) in [7, 11) is 1.68. The number of carbonyl (C=O) groups excluding carboxylic acids is 1. The lowest BCUT2D eigenvalue weighted by Crippen LogP contribution is -2.41. The molecule has 1 saturated heterocycles. The third-order valence-corrected chi connectivity index (χ3v) is 2.66. The molecule has 1 aliphatic heterocycles. The first-order chi connectivity index (χ1) is 5.11. The molecule has 3 atom stereocenters. The van der Waals surface area contributed by atoms with E-state index in [-0.39, 0.29) is 17.9 Å². The molecule has 11 heavy (non-hydrogen) atoms. The van der Waals surface area contributed by atoms with Crippen LogP contribution in [0.4, 0.5) is 0 Å². The Kier molecular flexibility index (Phi) is 0.967. The van der Waals surface area contributed by atoms with Crippen LogP contribution in [0.3, 0.4) is 0 Å². The van der Waals surface area contributed by atoms with Gasteiger partial charge in [-0.2, -0.15) is 0 Å². The van der Waals surface area contributed by atoms with Gasteiger partial charge in [0.05, 0.1) is 0 Å². The van der Waals surface area contributed by atoms with Gasteiger partial charge >= 0.3 is 0 Å². The van der Waals surface area contributed by atoms with Crippen molar-refractivity contribution in [2.45, 2.75) is 18.1 Å². The SMILES string of the molecule is C#C[C@]1(O)C(=O)N(C)[C@@H]2C[C@@H]21. The van der Waals surface area contributed by atoms with Crippen molar-refractivity contribution in [1.82, 2.24) is 4.90 Å². The molecule has 2 rings (SSSR count). The van der Waals surface area contributed by atoms with E-state index in [9.17, 15) is 9.90 Å². The standard InChI is InChI=1S/C8H9NO2/c1-3-8(11)5-4-6(5)9(2)7(8)10/h1,5-6,11H,4H2,2H3/t5-,6+,8+/m0/s1. The predicted molar refractivity (Wildman–Crippen MR) is 38.4 cm³/mol. The van der Waals surface area contributed by atoms with E-state index in [0.29, 0.717) is 0 Å². The first kappa shape index (κ1) is 6.68. The minimum atomic E-state index is -1.49. The maximum absolute atomic E-state index is 11.2. The first-order valence-corrected chi connectivity index (χ1v) is 3.58. The fraction of sp³-hybridized carbons (Fsp3) is 0.625. The van der Waals surface area contributed by atoms with E-state index in [1.807, 2.05) is 0 Å². The maximum Gasteiger partial charge on any atom is 0.267 e. The van der Waals surface area contributed by atoms with Crippen molar-refractivity contribution >= 4 is 5.91 Å². The molecule has 2 aliphatic rings. The van der Waals surface area contributed by atoms with E-state index in [1.165, 1.54) is 0 Å². The zero-order chi connectivity index (χ0) is 8.22. The molecule has 0 aromatic rings. The molecular weight excluding hydrogens is 142 g/mol. The maximum atomic E-state index is 11.2. The Morgan fingerprint density at radius 3 is 2.82 bits per heavy atom. The van der Waals surface area contributed by atoms with Crippen LogP contribution in [0.5, 0.6) is 0 Å². The highest BCUT2D eigenvalue weighted by atomic mass is 16.3. The van der Waals surface area contributed by atoms with Crippen molar-refractivity contribution in [3.8, 4) is 12.3 Å². The number of hydrogen-bond donors (Lipinski definition) is 1. The fourth-order valence-electron chi connectivity index (χ4n) is 1.81. The van der Waals surface area contributed by atoms with Crippen LogP contribution in [0.2, 0.25) is 0 Å². The molecule has 3 nitrogen and oxygen atoms in total. The molecule has 2 fully saturated rings. The molecule has 0 spiro atoms. The summed E-state index contributed by atoms with van der Waals surface area (Å²) in [6.07, 6.45) is 5.94. The van der Waals surface area contributed by atoms with Gasteiger partial charge < -0.3 is 10.0 Å². The van der Waals surface area contributed by atoms with Gasteiger partial charge in [-0.15, -0.1) is 6.42 Å². The van der Waals surface area contributed by atoms with E-state index in [1.54, 1.807) is 11.9 Å². The third-order valence-electron chi connectivity index (χ3n) is 2.66. The lowest BCUT2D eigenvalue weighted by molar-refractivity contribution is -0.140. The fourth-order valence-corrected chi connectivity index (χ4v) is 1.81. The highest BCUT2D eigenvalue weighted by Crippen LogP contribution is 2.50. The van der Waals surface area contributed by atoms with Crippen LogP contribution < -0.4 is 0 Å². The van der Waals surface area contributed by atoms with Gasteiger partial charge in [-0.1, -0.05) is 5.92 Å². The largest absolute Gasteiger partial charge is 0.369 e. The molecule has 1 saturated carbocycles. The first-order valence-electron chi connectivity index (χ1n) is 3.58. The van der Waals surface area contributed by atoms with E-state index >= 15 is 0 Å². The van der Waals surface area contributed by atoms with Crippen molar-refractivity contribution in [3.63, 3.8) is 0 Å². The number of piperidine rings is 1.